The molecule has 0 aliphatic rings. The fourth-order valence-corrected chi connectivity index (χ4v) is 2.70. The number of carbonyl (C=O) groups excluding carboxylic acids is 1. The van der Waals surface area contributed by atoms with E-state index < -0.39 is 0 Å². The summed E-state index contributed by atoms with van der Waals surface area (Å²) in [6, 6.07) is 9.85. The molecule has 1 aromatic carbocycles. The zero-order valence-corrected chi connectivity index (χ0v) is 12.2. The van der Waals surface area contributed by atoms with Crippen LogP contribution in [0.15, 0.2) is 47.3 Å². The molecule has 3 aromatic rings. The molecule has 106 valence electrons. The Kier molecular flexibility index (Phi) is 3.79. The van der Waals surface area contributed by atoms with Crippen molar-refractivity contribution in [1.29, 1.82) is 0 Å². The van der Waals surface area contributed by atoms with Crippen molar-refractivity contribution in [3.63, 3.8) is 0 Å². The number of benzene rings is 1. The molecule has 0 saturated carbocycles. The summed E-state index contributed by atoms with van der Waals surface area (Å²) in [7, 11) is 0. The number of nitrogens with one attached hydrogen (secondary N) is 1. The van der Waals surface area contributed by atoms with Gasteiger partial charge in [0.15, 0.2) is 0 Å². The van der Waals surface area contributed by atoms with Crippen molar-refractivity contribution in [3.8, 4) is 0 Å². The van der Waals surface area contributed by atoms with Gasteiger partial charge in [0.25, 0.3) is 5.91 Å². The third-order valence-corrected chi connectivity index (χ3v) is 3.75. The van der Waals surface area contributed by atoms with Gasteiger partial charge < -0.3 is 4.42 Å². The second-order valence-electron chi connectivity index (χ2n) is 4.63. The number of hydrogen-bond acceptors (Lipinski definition) is 5. The van der Waals surface area contributed by atoms with Gasteiger partial charge in [-0.3, -0.25) is 10.1 Å². The summed E-state index contributed by atoms with van der Waals surface area (Å²) in [5.41, 5.74) is 2.86. The highest BCUT2D eigenvalue weighted by molar-refractivity contribution is 7.15. The summed E-state index contributed by atoms with van der Waals surface area (Å²) in [6.07, 6.45) is 3.56. The van der Waals surface area contributed by atoms with E-state index in [1.807, 2.05) is 6.07 Å². The third kappa shape index (κ3) is 3.35. The quantitative estimate of drug-likeness (QED) is 0.802. The van der Waals surface area contributed by atoms with E-state index in [0.29, 0.717) is 17.1 Å². The predicted octanol–water partition coefficient (Wildman–Crippen LogP) is 3.28. The van der Waals surface area contributed by atoms with Gasteiger partial charge in [0.2, 0.25) is 5.13 Å². The molecule has 0 spiro atoms. The molecule has 0 bridgehead atoms. The van der Waals surface area contributed by atoms with Crippen LogP contribution in [0.1, 0.15) is 26.5 Å². The highest BCUT2D eigenvalue weighted by Gasteiger charge is 2.11. The first-order valence-corrected chi connectivity index (χ1v) is 7.24. The zero-order valence-electron chi connectivity index (χ0n) is 11.4. The van der Waals surface area contributed by atoms with Gasteiger partial charge in [-0.2, -0.15) is 0 Å². The largest absolute Gasteiger partial charge is 0.472 e. The molecule has 0 saturated heterocycles. The fourth-order valence-electron chi connectivity index (χ4n) is 1.94. The molecule has 1 amide bonds. The number of hydrogen-bond donors (Lipinski definition) is 1. The molecule has 3 rings (SSSR count). The zero-order chi connectivity index (χ0) is 14.7. The molecule has 0 radical (unpaired) electrons. The number of nitrogens with zero attached hydrogens (tertiary/aromatic N) is 2. The van der Waals surface area contributed by atoms with Crippen LogP contribution in [0.25, 0.3) is 0 Å². The van der Waals surface area contributed by atoms with Crippen molar-refractivity contribution in [1.82, 2.24) is 10.2 Å². The number of aromatic nitrogens is 2. The van der Waals surface area contributed by atoms with Gasteiger partial charge in [-0.1, -0.05) is 41.2 Å². The second kappa shape index (κ2) is 5.88. The van der Waals surface area contributed by atoms with Crippen LogP contribution in [-0.2, 0) is 6.42 Å². The van der Waals surface area contributed by atoms with Crippen molar-refractivity contribution in [3.05, 3.63) is 64.6 Å². The van der Waals surface area contributed by atoms with E-state index in [9.17, 15) is 4.79 Å². The van der Waals surface area contributed by atoms with Crippen LogP contribution in [0.5, 0.6) is 0 Å². The number of aryl methyl sites for hydroxylation is 1. The van der Waals surface area contributed by atoms with E-state index in [1.54, 1.807) is 6.07 Å². The van der Waals surface area contributed by atoms with E-state index in [4.69, 9.17) is 4.42 Å². The minimum atomic E-state index is -0.248. The van der Waals surface area contributed by atoms with Crippen LogP contribution in [0.2, 0.25) is 0 Å². The van der Waals surface area contributed by atoms with Crippen LogP contribution in [0.4, 0.5) is 5.13 Å². The van der Waals surface area contributed by atoms with Gasteiger partial charge in [-0.25, -0.2) is 0 Å². The molecule has 6 heteroatoms. The normalized spacial score (nSPS) is 10.5. The fraction of sp³-hybridized carbons (Fsp3) is 0.133. The third-order valence-electron chi connectivity index (χ3n) is 2.91. The van der Waals surface area contributed by atoms with Crippen molar-refractivity contribution < 1.29 is 9.21 Å². The van der Waals surface area contributed by atoms with Gasteiger partial charge in [-0.05, 0) is 18.6 Å². The Bertz CT molecular complexity index is 750. The van der Waals surface area contributed by atoms with Crippen molar-refractivity contribution in [2.45, 2.75) is 13.3 Å². The molecule has 2 aromatic heterocycles. The summed E-state index contributed by atoms with van der Waals surface area (Å²) >= 11 is 1.37. The minimum absolute atomic E-state index is 0.248. The smallest absolute Gasteiger partial charge is 0.260 e. The molecule has 0 atom stereocenters. The van der Waals surface area contributed by atoms with Gasteiger partial charge >= 0.3 is 0 Å². The average Bonchev–Trinajstić information content (AvgIpc) is 3.10. The van der Waals surface area contributed by atoms with Crippen LogP contribution in [0, 0.1) is 6.92 Å². The van der Waals surface area contributed by atoms with Crippen molar-refractivity contribution >= 4 is 22.4 Å². The Morgan fingerprint density at radius 3 is 3.00 bits per heavy atom. The number of carbonyl (C=O) groups is 1. The van der Waals surface area contributed by atoms with E-state index in [0.717, 1.165) is 5.01 Å². The van der Waals surface area contributed by atoms with Gasteiger partial charge in [-0.15, -0.1) is 10.2 Å². The topological polar surface area (TPSA) is 68.0 Å². The molecular weight excluding hydrogens is 286 g/mol. The lowest BCUT2D eigenvalue weighted by molar-refractivity contribution is 0.102. The predicted molar refractivity (Wildman–Crippen MR) is 80.6 cm³/mol. The van der Waals surface area contributed by atoms with Crippen molar-refractivity contribution in [2.75, 3.05) is 5.32 Å². The molecule has 1 N–H and O–H groups in total. The number of furan rings is 1. The first-order chi connectivity index (χ1) is 10.2. The molecule has 2 heterocycles. The average molecular weight is 299 g/mol. The summed E-state index contributed by atoms with van der Waals surface area (Å²) < 4.78 is 4.88. The Morgan fingerprint density at radius 2 is 2.24 bits per heavy atom. The molecule has 21 heavy (non-hydrogen) atoms. The molecule has 0 fully saturated rings. The maximum atomic E-state index is 11.9. The Hall–Kier alpha value is -2.47. The highest BCUT2D eigenvalue weighted by Crippen LogP contribution is 2.19. The second-order valence-corrected chi connectivity index (χ2v) is 5.70. The summed E-state index contributed by atoms with van der Waals surface area (Å²) in [5.74, 6) is -0.248. The molecule has 5 nitrogen and oxygen atoms in total. The SMILES string of the molecule is Cc1cccc(Cc2nnc(NC(=O)c3ccoc3)s2)c1. The van der Waals surface area contributed by atoms with E-state index in [-0.39, 0.29) is 5.91 Å². The van der Waals surface area contributed by atoms with Crippen molar-refractivity contribution in [2.24, 2.45) is 0 Å². The maximum absolute atomic E-state index is 11.9. The van der Waals surface area contributed by atoms with E-state index in [1.165, 1.54) is 35.0 Å². The van der Waals surface area contributed by atoms with Crippen LogP contribution in [-0.4, -0.2) is 16.1 Å². The number of amides is 1. The van der Waals surface area contributed by atoms with E-state index in [2.05, 4.69) is 40.6 Å². The van der Waals surface area contributed by atoms with E-state index >= 15 is 0 Å². The van der Waals surface area contributed by atoms with Gasteiger partial charge in [0, 0.05) is 6.42 Å². The standard InChI is InChI=1S/C15H13N3O2S/c1-10-3-2-4-11(7-10)8-13-17-18-15(21-13)16-14(19)12-5-6-20-9-12/h2-7,9H,8H2,1H3,(H,16,18,19). The first kappa shape index (κ1) is 13.5. The summed E-state index contributed by atoms with van der Waals surface area (Å²) in [6.45, 7) is 2.06. The monoisotopic (exact) mass is 299 g/mol. The molecule has 0 aliphatic heterocycles. The van der Waals surface area contributed by atoms with Gasteiger partial charge in [0.1, 0.15) is 11.3 Å². The Balaban J connectivity index is 1.68. The first-order valence-electron chi connectivity index (χ1n) is 6.42. The lowest BCUT2D eigenvalue weighted by Crippen LogP contribution is -2.10. The number of rotatable bonds is 4. The summed E-state index contributed by atoms with van der Waals surface area (Å²) in [5, 5.41) is 12.2. The lowest BCUT2D eigenvalue weighted by atomic mass is 10.1. The molecule has 0 unspecified atom stereocenters. The lowest BCUT2D eigenvalue weighted by Gasteiger charge is -1.98. The molecule has 0 aliphatic carbocycles. The molecular formula is C15H13N3O2S. The summed E-state index contributed by atoms with van der Waals surface area (Å²) in [4.78, 5) is 11.9. The number of anilines is 1. The van der Waals surface area contributed by atoms with Gasteiger partial charge in [0.05, 0.1) is 11.8 Å². The highest BCUT2D eigenvalue weighted by atomic mass is 32.1. The Labute approximate surface area is 125 Å². The maximum Gasteiger partial charge on any atom is 0.260 e. The minimum Gasteiger partial charge on any atom is -0.472 e. The van der Waals surface area contributed by atoms with Crippen LogP contribution in [0.3, 0.4) is 0 Å². The van der Waals surface area contributed by atoms with Crippen LogP contribution < -0.4 is 5.32 Å². The van der Waals surface area contributed by atoms with Crippen LogP contribution >= 0.6 is 11.3 Å². The Morgan fingerprint density at radius 1 is 1.33 bits per heavy atom.